The summed E-state index contributed by atoms with van der Waals surface area (Å²) in [6.45, 7) is 9.19. The molecule has 0 fully saturated rings. The first-order valence-electron chi connectivity index (χ1n) is 12.8. The first-order valence-corrected chi connectivity index (χ1v) is 12.8. The van der Waals surface area contributed by atoms with Crippen molar-refractivity contribution in [2.24, 2.45) is 17.6 Å². The lowest BCUT2D eigenvalue weighted by Crippen LogP contribution is -2.62. The minimum Gasteiger partial charge on any atom is -0.480 e. The SMILES string of the molecule is CC(C)[C@H](N)C(=O)N[C@H](C(=O)N[C@@H](CO)C(=O)N[C@H](C(=O)N[C@@H](C)C(=O)N[C@H](C(=O)O)C(C)C)[C@@H](C)O)[C@@H](C)O. The summed E-state index contributed by atoms with van der Waals surface area (Å²) in [5, 5.41) is 50.1. The van der Waals surface area contributed by atoms with Crippen LogP contribution in [0, 0.1) is 11.8 Å². The number of carboxylic acids is 1. The number of aliphatic hydroxyl groups excluding tert-OH is 3. The summed E-state index contributed by atoms with van der Waals surface area (Å²) in [7, 11) is 0. The third-order valence-corrected chi connectivity index (χ3v) is 5.94. The Morgan fingerprint density at radius 1 is 0.600 bits per heavy atom. The predicted octanol–water partition coefficient (Wildman–Crippen LogP) is -4.09. The van der Waals surface area contributed by atoms with Gasteiger partial charge in [-0.1, -0.05) is 27.7 Å². The molecule has 16 nitrogen and oxygen atoms in total. The Balaban J connectivity index is 5.46. The number of aliphatic carboxylic acids is 1. The molecule has 0 bridgehead atoms. The topological polar surface area (TPSA) is 270 Å². The molecule has 0 saturated heterocycles. The van der Waals surface area contributed by atoms with Gasteiger partial charge in [0.25, 0.3) is 0 Å². The largest absolute Gasteiger partial charge is 0.480 e. The summed E-state index contributed by atoms with van der Waals surface area (Å²) < 4.78 is 0. The van der Waals surface area contributed by atoms with Crippen molar-refractivity contribution in [3.8, 4) is 0 Å². The molecule has 0 heterocycles. The van der Waals surface area contributed by atoms with E-state index in [-0.39, 0.29) is 5.92 Å². The zero-order chi connectivity index (χ0) is 31.5. The van der Waals surface area contributed by atoms with Crippen molar-refractivity contribution in [1.82, 2.24) is 26.6 Å². The Bertz CT molecular complexity index is 911. The van der Waals surface area contributed by atoms with E-state index in [2.05, 4.69) is 26.6 Å². The maximum Gasteiger partial charge on any atom is 0.326 e. The van der Waals surface area contributed by atoms with Gasteiger partial charge in [-0.05, 0) is 32.6 Å². The van der Waals surface area contributed by atoms with Gasteiger partial charge in [0.1, 0.15) is 30.2 Å². The van der Waals surface area contributed by atoms with Crippen LogP contribution in [0.15, 0.2) is 0 Å². The summed E-state index contributed by atoms with van der Waals surface area (Å²) in [5.41, 5.74) is 5.76. The van der Waals surface area contributed by atoms with Crippen LogP contribution in [-0.4, -0.2) is 111 Å². The first-order chi connectivity index (χ1) is 18.3. The fraction of sp³-hybridized carbons (Fsp3) is 0.750. The third kappa shape index (κ3) is 11.4. The van der Waals surface area contributed by atoms with Crippen LogP contribution in [0.5, 0.6) is 0 Å². The molecule has 0 radical (unpaired) electrons. The van der Waals surface area contributed by atoms with Crippen LogP contribution in [0.2, 0.25) is 0 Å². The summed E-state index contributed by atoms with van der Waals surface area (Å²) in [6.07, 6.45) is -2.91. The lowest BCUT2D eigenvalue weighted by molar-refractivity contribution is -0.143. The number of amides is 5. The van der Waals surface area contributed by atoms with E-state index in [1.165, 1.54) is 13.8 Å². The van der Waals surface area contributed by atoms with Gasteiger partial charge in [-0.3, -0.25) is 24.0 Å². The van der Waals surface area contributed by atoms with Gasteiger partial charge in [-0.25, -0.2) is 4.79 Å². The second-order valence-corrected chi connectivity index (χ2v) is 10.3. The van der Waals surface area contributed by atoms with Gasteiger partial charge in [0.05, 0.1) is 24.9 Å². The highest BCUT2D eigenvalue weighted by Crippen LogP contribution is 2.04. The van der Waals surface area contributed by atoms with Crippen molar-refractivity contribution in [2.75, 3.05) is 6.61 Å². The van der Waals surface area contributed by atoms with Crippen molar-refractivity contribution in [1.29, 1.82) is 0 Å². The average Bonchev–Trinajstić information content (AvgIpc) is 2.84. The smallest absolute Gasteiger partial charge is 0.326 e. The minimum atomic E-state index is -1.67. The molecule has 8 atom stereocenters. The van der Waals surface area contributed by atoms with E-state index in [0.29, 0.717) is 0 Å². The zero-order valence-corrected chi connectivity index (χ0v) is 23.8. The quantitative estimate of drug-likeness (QED) is 0.0843. The molecule has 0 aliphatic carbocycles. The highest BCUT2D eigenvalue weighted by molar-refractivity contribution is 5.96. The number of aliphatic hydroxyl groups is 3. The normalized spacial score (nSPS) is 17.3. The third-order valence-electron chi connectivity index (χ3n) is 5.94. The second-order valence-electron chi connectivity index (χ2n) is 10.3. The highest BCUT2D eigenvalue weighted by atomic mass is 16.4. The number of nitrogens with two attached hydrogens (primary N) is 1. The molecule has 5 amide bonds. The van der Waals surface area contributed by atoms with Gasteiger partial charge < -0.3 is 52.7 Å². The van der Waals surface area contributed by atoms with E-state index in [0.717, 1.165) is 6.92 Å². The molecule has 16 heteroatoms. The standard InChI is InChI=1S/C24H44N6O10/c1-9(2)15(25)21(36)30-18(13(7)33)23(38)27-14(8-31)20(35)29-17(12(6)32)22(37)26-11(5)19(34)28-16(10(3)4)24(39)40/h9-18,31-33H,8,25H2,1-7H3,(H,26,37)(H,27,38)(H,28,34)(H,29,35)(H,30,36)(H,39,40)/t11-,12+,13+,14-,15-,16-,17-,18-/m0/s1. The molecule has 0 saturated carbocycles. The Morgan fingerprint density at radius 2 is 1.02 bits per heavy atom. The second kappa shape index (κ2) is 16.7. The van der Waals surface area contributed by atoms with Crippen LogP contribution in [0.4, 0.5) is 0 Å². The van der Waals surface area contributed by atoms with E-state index in [9.17, 15) is 49.2 Å². The monoisotopic (exact) mass is 576 g/mol. The minimum absolute atomic E-state index is 0.278. The molecule has 230 valence electrons. The summed E-state index contributed by atoms with van der Waals surface area (Å²) in [4.78, 5) is 74.2. The Kier molecular flexibility index (Phi) is 15.3. The van der Waals surface area contributed by atoms with E-state index < -0.39 is 96.5 Å². The average molecular weight is 577 g/mol. The maximum absolute atomic E-state index is 12.8. The highest BCUT2D eigenvalue weighted by Gasteiger charge is 2.34. The summed E-state index contributed by atoms with van der Waals surface area (Å²) >= 11 is 0. The lowest BCUT2D eigenvalue weighted by atomic mass is 10.0. The lowest BCUT2D eigenvalue weighted by Gasteiger charge is -2.28. The van der Waals surface area contributed by atoms with E-state index in [1.807, 2.05) is 0 Å². The van der Waals surface area contributed by atoms with Crippen LogP contribution in [0.3, 0.4) is 0 Å². The molecule has 0 rings (SSSR count). The molecule has 40 heavy (non-hydrogen) atoms. The van der Waals surface area contributed by atoms with Crippen molar-refractivity contribution >= 4 is 35.5 Å². The van der Waals surface area contributed by atoms with Gasteiger partial charge in [0, 0.05) is 0 Å². The fourth-order valence-corrected chi connectivity index (χ4v) is 3.23. The van der Waals surface area contributed by atoms with Crippen molar-refractivity contribution in [3.63, 3.8) is 0 Å². The Morgan fingerprint density at radius 3 is 1.40 bits per heavy atom. The first kappa shape index (κ1) is 36.7. The Labute approximate surface area is 232 Å². The van der Waals surface area contributed by atoms with Crippen molar-refractivity contribution < 1.29 is 49.2 Å². The van der Waals surface area contributed by atoms with Gasteiger partial charge in [0.2, 0.25) is 29.5 Å². The number of carbonyl (C=O) groups is 6. The number of hydrogen-bond donors (Lipinski definition) is 10. The number of carbonyl (C=O) groups excluding carboxylic acids is 5. The summed E-state index contributed by atoms with van der Waals surface area (Å²) in [6, 6.07) is -8.31. The molecular weight excluding hydrogens is 532 g/mol. The molecule has 0 aromatic heterocycles. The zero-order valence-electron chi connectivity index (χ0n) is 23.8. The maximum atomic E-state index is 12.8. The van der Waals surface area contributed by atoms with Crippen molar-refractivity contribution in [2.45, 2.75) is 96.9 Å². The molecule has 0 aliphatic heterocycles. The molecule has 0 unspecified atom stereocenters. The fourth-order valence-electron chi connectivity index (χ4n) is 3.23. The molecule has 0 aliphatic rings. The van der Waals surface area contributed by atoms with E-state index >= 15 is 0 Å². The van der Waals surface area contributed by atoms with Gasteiger partial charge in [0.15, 0.2) is 0 Å². The van der Waals surface area contributed by atoms with Crippen LogP contribution in [-0.2, 0) is 28.8 Å². The van der Waals surface area contributed by atoms with Crippen LogP contribution >= 0.6 is 0 Å². The Hall–Kier alpha value is -3.34. The summed E-state index contributed by atoms with van der Waals surface area (Å²) in [5.74, 6) is -6.70. The predicted molar refractivity (Wildman–Crippen MR) is 141 cm³/mol. The van der Waals surface area contributed by atoms with Gasteiger partial charge >= 0.3 is 5.97 Å². The molecule has 0 aromatic rings. The molecule has 0 aromatic carbocycles. The molecule has 11 N–H and O–H groups in total. The van der Waals surface area contributed by atoms with Gasteiger partial charge in [-0.15, -0.1) is 0 Å². The number of hydrogen-bond acceptors (Lipinski definition) is 10. The molecule has 0 spiro atoms. The van der Waals surface area contributed by atoms with E-state index in [1.54, 1.807) is 27.7 Å². The van der Waals surface area contributed by atoms with Crippen molar-refractivity contribution in [3.05, 3.63) is 0 Å². The number of rotatable bonds is 16. The van der Waals surface area contributed by atoms with Crippen LogP contribution in [0.1, 0.15) is 48.5 Å². The van der Waals surface area contributed by atoms with Gasteiger partial charge in [-0.2, -0.15) is 0 Å². The molecular formula is C24H44N6O10. The number of carboxylic acid groups (broad SMARTS) is 1. The van der Waals surface area contributed by atoms with E-state index in [4.69, 9.17) is 5.73 Å². The van der Waals surface area contributed by atoms with Crippen LogP contribution in [0.25, 0.3) is 0 Å². The van der Waals surface area contributed by atoms with Crippen LogP contribution < -0.4 is 32.3 Å². The number of nitrogens with one attached hydrogen (secondary N) is 5.